The second-order valence-electron chi connectivity index (χ2n) is 4.61. The third-order valence-electron chi connectivity index (χ3n) is 3.46. The Morgan fingerprint density at radius 3 is 2.28 bits per heavy atom. The molecule has 18 heavy (non-hydrogen) atoms. The highest BCUT2D eigenvalue weighted by molar-refractivity contribution is 5.52. The molecule has 1 fully saturated rings. The van der Waals surface area contributed by atoms with E-state index in [0.717, 1.165) is 19.3 Å². The Bertz CT molecular complexity index is 398. The highest BCUT2D eigenvalue weighted by atomic mass is 19.1. The van der Waals surface area contributed by atoms with E-state index in [9.17, 15) is 8.78 Å². The molecule has 0 aromatic heterocycles. The van der Waals surface area contributed by atoms with Gasteiger partial charge in [0.1, 0.15) is 17.3 Å². The van der Waals surface area contributed by atoms with E-state index in [4.69, 9.17) is 10.8 Å². The predicted molar refractivity (Wildman–Crippen MR) is 66.3 cm³/mol. The molecule has 1 aliphatic rings. The second-order valence-corrected chi connectivity index (χ2v) is 4.61. The highest BCUT2D eigenvalue weighted by Crippen LogP contribution is 2.33. The topological polar surface area (TPSA) is 49.5 Å². The number of halogens is 2. The molecule has 0 amide bonds. The largest absolute Gasteiger partial charge is 0.395 e. The molecule has 1 saturated carbocycles. The van der Waals surface area contributed by atoms with Gasteiger partial charge in [-0.1, -0.05) is 0 Å². The number of nitrogens with zero attached hydrogens (tertiary/aromatic N) is 1. The van der Waals surface area contributed by atoms with Crippen LogP contribution in [0.2, 0.25) is 0 Å². The zero-order chi connectivity index (χ0) is 13.1. The standard InChI is InChI=1S/C13H18F2N2O/c14-11-6-9(8-16)7-12(15)13(11)17(4-5-18)10-2-1-3-10/h6-7,10,18H,1-5,8,16H2. The van der Waals surface area contributed by atoms with Gasteiger partial charge in [0.25, 0.3) is 0 Å². The van der Waals surface area contributed by atoms with Crippen molar-refractivity contribution < 1.29 is 13.9 Å². The predicted octanol–water partition coefficient (Wildman–Crippen LogP) is 1.77. The molecular formula is C13H18F2N2O. The Kier molecular flexibility index (Phi) is 4.14. The van der Waals surface area contributed by atoms with Crippen molar-refractivity contribution in [2.75, 3.05) is 18.1 Å². The normalized spacial score (nSPS) is 15.6. The lowest BCUT2D eigenvalue weighted by Gasteiger charge is -2.39. The van der Waals surface area contributed by atoms with E-state index in [0.29, 0.717) is 5.56 Å². The number of benzene rings is 1. The van der Waals surface area contributed by atoms with E-state index in [-0.39, 0.29) is 31.4 Å². The van der Waals surface area contributed by atoms with E-state index < -0.39 is 11.6 Å². The SMILES string of the molecule is NCc1cc(F)c(N(CCO)C2CCC2)c(F)c1. The van der Waals surface area contributed by atoms with Crippen LogP contribution in [-0.4, -0.2) is 24.3 Å². The summed E-state index contributed by atoms with van der Waals surface area (Å²) in [6, 6.07) is 2.66. The first-order valence-corrected chi connectivity index (χ1v) is 6.23. The Labute approximate surface area is 105 Å². The van der Waals surface area contributed by atoms with Crippen molar-refractivity contribution in [2.24, 2.45) is 5.73 Å². The number of nitrogens with two attached hydrogens (primary N) is 1. The molecule has 1 aromatic rings. The molecule has 5 heteroatoms. The monoisotopic (exact) mass is 256 g/mol. The summed E-state index contributed by atoms with van der Waals surface area (Å²) in [5.74, 6) is -1.20. The van der Waals surface area contributed by atoms with Crippen molar-refractivity contribution >= 4 is 5.69 Å². The summed E-state index contributed by atoms with van der Waals surface area (Å²) in [5.41, 5.74) is 5.78. The fourth-order valence-electron chi connectivity index (χ4n) is 2.29. The fourth-order valence-corrected chi connectivity index (χ4v) is 2.29. The van der Waals surface area contributed by atoms with E-state index >= 15 is 0 Å². The lowest BCUT2D eigenvalue weighted by atomic mass is 9.91. The molecule has 0 unspecified atom stereocenters. The highest BCUT2D eigenvalue weighted by Gasteiger charge is 2.28. The maximum absolute atomic E-state index is 14.0. The second kappa shape index (κ2) is 5.63. The third-order valence-corrected chi connectivity index (χ3v) is 3.46. The quantitative estimate of drug-likeness (QED) is 0.844. The zero-order valence-corrected chi connectivity index (χ0v) is 10.2. The summed E-state index contributed by atoms with van der Waals surface area (Å²) in [4.78, 5) is 1.63. The molecule has 3 nitrogen and oxygen atoms in total. The minimum atomic E-state index is -0.601. The molecule has 0 saturated heterocycles. The minimum absolute atomic E-state index is 0.0362. The maximum Gasteiger partial charge on any atom is 0.149 e. The van der Waals surface area contributed by atoms with Gasteiger partial charge in [-0.15, -0.1) is 0 Å². The lowest BCUT2D eigenvalue weighted by molar-refractivity contribution is 0.281. The third kappa shape index (κ3) is 2.47. The number of anilines is 1. The van der Waals surface area contributed by atoms with Gasteiger partial charge in [-0.3, -0.25) is 0 Å². The van der Waals surface area contributed by atoms with Crippen LogP contribution in [0.3, 0.4) is 0 Å². The van der Waals surface area contributed by atoms with Gasteiger partial charge in [-0.25, -0.2) is 8.78 Å². The Balaban J connectivity index is 2.34. The molecule has 0 aliphatic heterocycles. The molecule has 3 N–H and O–H groups in total. The van der Waals surface area contributed by atoms with Crippen LogP contribution in [0, 0.1) is 11.6 Å². The van der Waals surface area contributed by atoms with E-state index in [1.807, 2.05) is 0 Å². The van der Waals surface area contributed by atoms with Gasteiger partial charge in [0.15, 0.2) is 0 Å². The minimum Gasteiger partial charge on any atom is -0.395 e. The Morgan fingerprint density at radius 2 is 1.89 bits per heavy atom. The first-order chi connectivity index (χ1) is 8.67. The number of aliphatic hydroxyl groups is 1. The van der Waals surface area contributed by atoms with Crippen LogP contribution in [0.1, 0.15) is 24.8 Å². The molecule has 100 valence electrons. The summed E-state index contributed by atoms with van der Waals surface area (Å²) < 4.78 is 27.9. The van der Waals surface area contributed by atoms with E-state index in [1.165, 1.54) is 12.1 Å². The molecule has 0 bridgehead atoms. The van der Waals surface area contributed by atoms with Gasteiger partial charge in [-0.05, 0) is 37.0 Å². The molecule has 2 rings (SSSR count). The number of rotatable bonds is 5. The van der Waals surface area contributed by atoms with E-state index in [2.05, 4.69) is 0 Å². The van der Waals surface area contributed by atoms with Gasteiger partial charge in [0.2, 0.25) is 0 Å². The van der Waals surface area contributed by atoms with Gasteiger partial charge in [0, 0.05) is 19.1 Å². The number of aliphatic hydroxyl groups excluding tert-OH is 1. The molecular weight excluding hydrogens is 238 g/mol. The van der Waals surface area contributed by atoms with Crippen LogP contribution in [0.4, 0.5) is 14.5 Å². The maximum atomic E-state index is 14.0. The van der Waals surface area contributed by atoms with Crippen molar-refractivity contribution in [2.45, 2.75) is 31.8 Å². The molecule has 0 atom stereocenters. The molecule has 1 aliphatic carbocycles. The summed E-state index contributed by atoms with van der Waals surface area (Å²) in [5, 5.41) is 9.04. The van der Waals surface area contributed by atoms with Crippen molar-refractivity contribution in [3.8, 4) is 0 Å². The van der Waals surface area contributed by atoms with Crippen LogP contribution in [0.25, 0.3) is 0 Å². The van der Waals surface area contributed by atoms with E-state index in [1.54, 1.807) is 4.90 Å². The van der Waals surface area contributed by atoms with Gasteiger partial charge < -0.3 is 15.7 Å². The van der Waals surface area contributed by atoms with Crippen molar-refractivity contribution in [1.29, 1.82) is 0 Å². The smallest absolute Gasteiger partial charge is 0.149 e. The first kappa shape index (κ1) is 13.2. The lowest BCUT2D eigenvalue weighted by Crippen LogP contribution is -2.43. The van der Waals surface area contributed by atoms with Gasteiger partial charge in [-0.2, -0.15) is 0 Å². The van der Waals surface area contributed by atoms with Crippen molar-refractivity contribution in [1.82, 2.24) is 0 Å². The summed E-state index contributed by atoms with van der Waals surface area (Å²) >= 11 is 0. The summed E-state index contributed by atoms with van der Waals surface area (Å²) in [6.45, 7) is 0.242. The molecule has 0 spiro atoms. The Morgan fingerprint density at radius 1 is 1.28 bits per heavy atom. The van der Waals surface area contributed by atoms with Gasteiger partial charge >= 0.3 is 0 Å². The number of hydrogen-bond donors (Lipinski definition) is 2. The van der Waals surface area contributed by atoms with Crippen molar-refractivity contribution in [3.63, 3.8) is 0 Å². The van der Waals surface area contributed by atoms with Crippen LogP contribution < -0.4 is 10.6 Å². The van der Waals surface area contributed by atoms with Crippen LogP contribution in [0.5, 0.6) is 0 Å². The fraction of sp³-hybridized carbons (Fsp3) is 0.538. The molecule has 0 heterocycles. The Hall–Kier alpha value is -1.20. The average Bonchev–Trinajstić information content (AvgIpc) is 2.25. The average molecular weight is 256 g/mol. The summed E-state index contributed by atoms with van der Waals surface area (Å²) in [6.07, 6.45) is 2.89. The van der Waals surface area contributed by atoms with Crippen LogP contribution in [-0.2, 0) is 6.54 Å². The van der Waals surface area contributed by atoms with Crippen molar-refractivity contribution in [3.05, 3.63) is 29.3 Å². The van der Waals surface area contributed by atoms with Gasteiger partial charge in [0.05, 0.1) is 6.61 Å². The van der Waals surface area contributed by atoms with Crippen LogP contribution in [0.15, 0.2) is 12.1 Å². The summed E-state index contributed by atoms with van der Waals surface area (Å²) in [7, 11) is 0. The molecule has 1 aromatic carbocycles. The van der Waals surface area contributed by atoms with Crippen LogP contribution >= 0.6 is 0 Å². The first-order valence-electron chi connectivity index (χ1n) is 6.23. The number of hydrogen-bond acceptors (Lipinski definition) is 3. The molecule has 0 radical (unpaired) electrons. The zero-order valence-electron chi connectivity index (χ0n) is 10.2.